The first-order valence-corrected chi connectivity index (χ1v) is 5.74. The minimum absolute atomic E-state index is 0.0831. The highest BCUT2D eigenvalue weighted by Crippen LogP contribution is 2.25. The summed E-state index contributed by atoms with van der Waals surface area (Å²) < 4.78 is 0. The predicted octanol–water partition coefficient (Wildman–Crippen LogP) is 2.74. The van der Waals surface area contributed by atoms with E-state index in [1.54, 1.807) is 19.1 Å². The zero-order valence-corrected chi connectivity index (χ0v) is 10.8. The number of carbonyl (C=O) groups is 1. The molecule has 92 valence electrons. The molecule has 7 heteroatoms. The third-order valence-electron chi connectivity index (χ3n) is 2.20. The molecule has 0 bridgehead atoms. The molecule has 0 saturated carbocycles. The lowest BCUT2D eigenvalue weighted by Crippen LogP contribution is -2.16. The first kappa shape index (κ1) is 12.7. The van der Waals surface area contributed by atoms with Gasteiger partial charge < -0.3 is 5.32 Å². The Morgan fingerprint density at radius 3 is 2.78 bits per heavy atom. The fourth-order valence-corrected chi connectivity index (χ4v) is 1.60. The second kappa shape index (κ2) is 5.29. The molecule has 2 aromatic rings. The Morgan fingerprint density at radius 2 is 2.06 bits per heavy atom. The highest BCUT2D eigenvalue weighted by molar-refractivity contribution is 6.43. The molecule has 2 heterocycles. The smallest absolute Gasteiger partial charge is 0.275 e. The topological polar surface area (TPSA) is 67.8 Å². The lowest BCUT2D eigenvalue weighted by molar-refractivity contribution is 0.102. The van der Waals surface area contributed by atoms with Crippen molar-refractivity contribution < 1.29 is 4.79 Å². The standard InChI is InChI=1S/C11H8Cl2N4O/c1-6-3-2-4-14-8(6)11(18)17-10-7(12)9(13)15-5-16-10/h2-5H,1H3,(H,15,16,17,18). The van der Waals surface area contributed by atoms with Crippen LogP contribution < -0.4 is 5.32 Å². The quantitative estimate of drug-likeness (QED) is 0.860. The van der Waals surface area contributed by atoms with Gasteiger partial charge >= 0.3 is 0 Å². The van der Waals surface area contributed by atoms with Crippen LogP contribution in [0, 0.1) is 6.92 Å². The van der Waals surface area contributed by atoms with Crippen LogP contribution in [-0.2, 0) is 0 Å². The zero-order chi connectivity index (χ0) is 13.1. The molecule has 0 atom stereocenters. The molecular formula is C11H8Cl2N4O. The largest absolute Gasteiger partial charge is 0.304 e. The van der Waals surface area contributed by atoms with Gasteiger partial charge in [0.1, 0.15) is 17.0 Å². The number of hydrogen-bond donors (Lipinski definition) is 1. The van der Waals surface area contributed by atoms with Gasteiger partial charge in [-0.3, -0.25) is 9.78 Å². The Bertz CT molecular complexity index is 603. The van der Waals surface area contributed by atoms with Gasteiger partial charge in [-0.05, 0) is 18.6 Å². The number of carbonyl (C=O) groups excluding carboxylic acids is 1. The number of nitrogens with zero attached hydrogens (tertiary/aromatic N) is 3. The van der Waals surface area contributed by atoms with Gasteiger partial charge in [0.25, 0.3) is 5.91 Å². The van der Waals surface area contributed by atoms with Gasteiger partial charge in [-0.1, -0.05) is 29.3 Å². The number of halogens is 2. The van der Waals surface area contributed by atoms with Crippen LogP contribution in [0.25, 0.3) is 0 Å². The normalized spacial score (nSPS) is 10.2. The van der Waals surface area contributed by atoms with E-state index in [1.807, 2.05) is 0 Å². The van der Waals surface area contributed by atoms with Crippen molar-refractivity contribution >= 4 is 34.9 Å². The first-order valence-electron chi connectivity index (χ1n) is 4.98. The molecule has 0 unspecified atom stereocenters. The van der Waals surface area contributed by atoms with E-state index in [0.29, 0.717) is 5.69 Å². The molecule has 0 aliphatic carbocycles. The predicted molar refractivity (Wildman–Crippen MR) is 69.0 cm³/mol. The number of aryl methyl sites for hydroxylation is 1. The fourth-order valence-electron chi connectivity index (χ4n) is 1.33. The summed E-state index contributed by atoms with van der Waals surface area (Å²) in [4.78, 5) is 23.5. The van der Waals surface area contributed by atoms with E-state index >= 15 is 0 Å². The molecule has 1 N–H and O–H groups in total. The van der Waals surface area contributed by atoms with Crippen LogP contribution in [0.5, 0.6) is 0 Å². The molecule has 0 fully saturated rings. The van der Waals surface area contributed by atoms with Crippen molar-refractivity contribution in [1.29, 1.82) is 0 Å². The number of rotatable bonds is 2. The highest BCUT2D eigenvalue weighted by Gasteiger charge is 2.14. The van der Waals surface area contributed by atoms with Crippen LogP contribution in [0.4, 0.5) is 5.82 Å². The Balaban J connectivity index is 2.27. The van der Waals surface area contributed by atoms with Gasteiger partial charge in [0.2, 0.25) is 0 Å². The van der Waals surface area contributed by atoms with Crippen LogP contribution in [0.3, 0.4) is 0 Å². The van der Waals surface area contributed by atoms with E-state index in [9.17, 15) is 4.79 Å². The third kappa shape index (κ3) is 2.57. The minimum atomic E-state index is -0.398. The Morgan fingerprint density at radius 1 is 1.28 bits per heavy atom. The maximum atomic E-state index is 12.0. The molecule has 0 aliphatic rings. The molecule has 5 nitrogen and oxygen atoms in total. The van der Waals surface area contributed by atoms with Crippen molar-refractivity contribution in [1.82, 2.24) is 15.0 Å². The molecule has 1 amide bonds. The first-order chi connectivity index (χ1) is 8.59. The third-order valence-corrected chi connectivity index (χ3v) is 2.94. The number of pyridine rings is 1. The summed E-state index contributed by atoms with van der Waals surface area (Å²) in [5.74, 6) is -0.239. The van der Waals surface area contributed by atoms with Crippen molar-refractivity contribution in [3.05, 3.63) is 46.1 Å². The van der Waals surface area contributed by atoms with Crippen molar-refractivity contribution in [3.63, 3.8) is 0 Å². The molecule has 0 spiro atoms. The maximum absolute atomic E-state index is 12.0. The molecule has 0 saturated heterocycles. The Labute approximate surface area is 113 Å². The summed E-state index contributed by atoms with van der Waals surface area (Å²) in [5.41, 5.74) is 1.06. The summed E-state index contributed by atoms with van der Waals surface area (Å²) >= 11 is 11.6. The van der Waals surface area contributed by atoms with E-state index < -0.39 is 5.91 Å². The number of hydrogen-bond acceptors (Lipinski definition) is 4. The van der Waals surface area contributed by atoms with Gasteiger partial charge in [0, 0.05) is 6.20 Å². The van der Waals surface area contributed by atoms with Gasteiger partial charge in [-0.15, -0.1) is 0 Å². The average Bonchev–Trinajstić information content (AvgIpc) is 2.35. The van der Waals surface area contributed by atoms with Gasteiger partial charge in [0.05, 0.1) is 0 Å². The lowest BCUT2D eigenvalue weighted by Gasteiger charge is -2.07. The molecule has 0 aromatic carbocycles. The van der Waals surface area contributed by atoms with Crippen molar-refractivity contribution in [2.75, 3.05) is 5.32 Å². The Hall–Kier alpha value is -1.72. The molecule has 18 heavy (non-hydrogen) atoms. The van der Waals surface area contributed by atoms with Crippen LogP contribution >= 0.6 is 23.2 Å². The molecule has 0 aliphatic heterocycles. The SMILES string of the molecule is Cc1cccnc1C(=O)Nc1ncnc(Cl)c1Cl. The summed E-state index contributed by atoms with van der Waals surface area (Å²) in [5, 5.41) is 2.72. The van der Waals surface area contributed by atoms with Crippen molar-refractivity contribution in [2.24, 2.45) is 0 Å². The maximum Gasteiger partial charge on any atom is 0.275 e. The minimum Gasteiger partial charge on any atom is -0.304 e. The molecule has 2 rings (SSSR count). The van der Waals surface area contributed by atoms with Crippen LogP contribution in [0.1, 0.15) is 16.1 Å². The van der Waals surface area contributed by atoms with E-state index in [-0.39, 0.29) is 16.0 Å². The molecule has 0 radical (unpaired) electrons. The summed E-state index contributed by atoms with van der Waals surface area (Å²) in [6.07, 6.45) is 2.76. The summed E-state index contributed by atoms with van der Waals surface area (Å²) in [7, 11) is 0. The second-order valence-corrected chi connectivity index (χ2v) is 4.19. The lowest BCUT2D eigenvalue weighted by atomic mass is 10.2. The summed E-state index contributed by atoms with van der Waals surface area (Å²) in [6, 6.07) is 3.54. The van der Waals surface area contributed by atoms with Crippen molar-refractivity contribution in [2.45, 2.75) is 6.92 Å². The van der Waals surface area contributed by atoms with E-state index in [4.69, 9.17) is 23.2 Å². The average molecular weight is 283 g/mol. The number of nitrogens with one attached hydrogen (secondary N) is 1. The zero-order valence-electron chi connectivity index (χ0n) is 9.32. The molecule has 2 aromatic heterocycles. The van der Waals surface area contributed by atoms with Crippen LogP contribution in [0.2, 0.25) is 10.2 Å². The van der Waals surface area contributed by atoms with Gasteiger partial charge in [-0.2, -0.15) is 0 Å². The van der Waals surface area contributed by atoms with E-state index in [1.165, 1.54) is 12.5 Å². The van der Waals surface area contributed by atoms with Gasteiger partial charge in [0.15, 0.2) is 11.0 Å². The highest BCUT2D eigenvalue weighted by atomic mass is 35.5. The molecular weight excluding hydrogens is 275 g/mol. The monoisotopic (exact) mass is 282 g/mol. The number of amides is 1. The second-order valence-electron chi connectivity index (χ2n) is 3.45. The summed E-state index contributed by atoms with van der Waals surface area (Å²) in [6.45, 7) is 1.79. The van der Waals surface area contributed by atoms with E-state index in [2.05, 4.69) is 20.3 Å². The van der Waals surface area contributed by atoms with Crippen LogP contribution in [0.15, 0.2) is 24.7 Å². The van der Waals surface area contributed by atoms with E-state index in [0.717, 1.165) is 5.56 Å². The number of anilines is 1. The van der Waals surface area contributed by atoms with Crippen LogP contribution in [-0.4, -0.2) is 20.9 Å². The van der Waals surface area contributed by atoms with Crippen molar-refractivity contribution in [3.8, 4) is 0 Å². The fraction of sp³-hybridized carbons (Fsp3) is 0.0909. The Kier molecular flexibility index (Phi) is 3.74. The van der Waals surface area contributed by atoms with Gasteiger partial charge in [-0.25, -0.2) is 9.97 Å². The number of aromatic nitrogens is 3.